The van der Waals surface area contributed by atoms with Gasteiger partial charge in [-0.2, -0.15) is 0 Å². The van der Waals surface area contributed by atoms with Gasteiger partial charge in [-0.05, 0) is 30.4 Å². The summed E-state index contributed by atoms with van der Waals surface area (Å²) >= 11 is 1.70. The van der Waals surface area contributed by atoms with Gasteiger partial charge >= 0.3 is 5.97 Å². The second-order valence-electron chi connectivity index (χ2n) is 4.98. The second-order valence-corrected chi connectivity index (χ2v) is 5.97. The molecule has 0 amide bonds. The van der Waals surface area contributed by atoms with Crippen LogP contribution in [0.4, 0.5) is 5.69 Å². The Kier molecular flexibility index (Phi) is 2.54. The first kappa shape index (κ1) is 11.0. The molecule has 0 atom stereocenters. The lowest BCUT2D eigenvalue weighted by molar-refractivity contribution is 0.0693. The highest BCUT2D eigenvalue weighted by atomic mass is 32.2. The summed E-state index contributed by atoms with van der Waals surface area (Å²) in [6.07, 6.45) is 3.84. The summed E-state index contributed by atoms with van der Waals surface area (Å²) in [6, 6.07) is 5.48. The first-order chi connectivity index (χ1) is 8.20. The van der Waals surface area contributed by atoms with Crippen LogP contribution in [0.25, 0.3) is 0 Å². The minimum atomic E-state index is -0.833. The van der Waals surface area contributed by atoms with Gasteiger partial charge in [0.25, 0.3) is 0 Å². The molecule has 4 heteroatoms. The maximum atomic E-state index is 11.2. The van der Waals surface area contributed by atoms with Crippen LogP contribution in [0.3, 0.4) is 0 Å². The quantitative estimate of drug-likeness (QED) is 0.803. The van der Waals surface area contributed by atoms with Crippen molar-refractivity contribution >= 4 is 23.4 Å². The standard InChI is InChI=1S/C13H15NO2S/c15-12(16)9-3-1-4-10-11(9)17-8-13(7-14-10)5-2-6-13/h1,3-4,14H,2,5-8H2,(H,15,16). The van der Waals surface area contributed by atoms with Crippen molar-refractivity contribution in [1.82, 2.24) is 0 Å². The first-order valence-electron chi connectivity index (χ1n) is 5.93. The SMILES string of the molecule is O=C(O)c1cccc2c1SCC1(CCC1)CN2. The minimum absolute atomic E-state index is 0.402. The van der Waals surface area contributed by atoms with Gasteiger partial charge in [0.05, 0.1) is 5.56 Å². The molecule has 0 unspecified atom stereocenters. The number of thioether (sulfide) groups is 1. The van der Waals surface area contributed by atoms with E-state index in [4.69, 9.17) is 0 Å². The highest BCUT2D eigenvalue weighted by molar-refractivity contribution is 7.99. The molecular formula is C13H15NO2S. The fraction of sp³-hybridized carbons (Fsp3) is 0.462. The molecule has 3 nitrogen and oxygen atoms in total. The van der Waals surface area contributed by atoms with E-state index in [1.165, 1.54) is 19.3 Å². The molecule has 1 aliphatic carbocycles. The summed E-state index contributed by atoms with van der Waals surface area (Å²) in [7, 11) is 0. The van der Waals surface area contributed by atoms with Crippen molar-refractivity contribution in [3.05, 3.63) is 23.8 Å². The van der Waals surface area contributed by atoms with Gasteiger partial charge in [-0.25, -0.2) is 4.79 Å². The summed E-state index contributed by atoms with van der Waals surface area (Å²) in [6.45, 7) is 0.982. The van der Waals surface area contributed by atoms with Gasteiger partial charge in [-0.3, -0.25) is 0 Å². The van der Waals surface area contributed by atoms with Crippen LogP contribution in [0.1, 0.15) is 29.6 Å². The van der Waals surface area contributed by atoms with Gasteiger partial charge in [-0.15, -0.1) is 11.8 Å². The predicted octanol–water partition coefficient (Wildman–Crippen LogP) is 3.07. The van der Waals surface area contributed by atoms with Crippen LogP contribution in [0.5, 0.6) is 0 Å². The molecule has 1 spiro atoms. The van der Waals surface area contributed by atoms with Gasteiger partial charge in [-0.1, -0.05) is 12.5 Å². The normalized spacial score (nSPS) is 20.9. The Hall–Kier alpha value is -1.16. The molecule has 1 aromatic carbocycles. The summed E-state index contributed by atoms with van der Waals surface area (Å²) in [5, 5.41) is 12.6. The number of carbonyl (C=O) groups is 1. The number of fused-ring (bicyclic) bond motifs is 1. The average molecular weight is 249 g/mol. The van der Waals surface area contributed by atoms with E-state index >= 15 is 0 Å². The third kappa shape index (κ3) is 1.80. The molecule has 90 valence electrons. The topological polar surface area (TPSA) is 49.3 Å². The Bertz CT molecular complexity index is 468. The smallest absolute Gasteiger partial charge is 0.336 e. The van der Waals surface area contributed by atoms with Gasteiger partial charge in [0.2, 0.25) is 0 Å². The minimum Gasteiger partial charge on any atom is -0.478 e. The van der Waals surface area contributed by atoms with Crippen molar-refractivity contribution in [2.24, 2.45) is 5.41 Å². The van der Waals surface area contributed by atoms with Crippen molar-refractivity contribution in [2.45, 2.75) is 24.2 Å². The Morgan fingerprint density at radius 3 is 2.88 bits per heavy atom. The Morgan fingerprint density at radius 2 is 2.24 bits per heavy atom. The Balaban J connectivity index is 1.95. The zero-order valence-corrected chi connectivity index (χ0v) is 10.3. The number of benzene rings is 1. The molecular weight excluding hydrogens is 234 g/mol. The number of rotatable bonds is 1. The zero-order valence-electron chi connectivity index (χ0n) is 9.53. The summed E-state index contributed by atoms with van der Waals surface area (Å²) in [4.78, 5) is 12.1. The maximum Gasteiger partial charge on any atom is 0.336 e. The van der Waals surface area contributed by atoms with Gasteiger partial charge < -0.3 is 10.4 Å². The number of aromatic carboxylic acids is 1. The molecule has 2 N–H and O–H groups in total. The molecule has 0 radical (unpaired) electrons. The van der Waals surface area contributed by atoms with Crippen LogP contribution in [-0.4, -0.2) is 23.4 Å². The molecule has 1 heterocycles. The summed E-state index contributed by atoms with van der Waals surface area (Å²) < 4.78 is 0. The van der Waals surface area contributed by atoms with Crippen LogP contribution in [0.2, 0.25) is 0 Å². The number of nitrogens with one attached hydrogen (secondary N) is 1. The third-order valence-electron chi connectivity index (χ3n) is 3.84. The number of hydrogen-bond donors (Lipinski definition) is 2. The van der Waals surface area contributed by atoms with Crippen LogP contribution < -0.4 is 5.32 Å². The molecule has 17 heavy (non-hydrogen) atoms. The lowest BCUT2D eigenvalue weighted by Gasteiger charge is -2.40. The predicted molar refractivity (Wildman–Crippen MR) is 68.9 cm³/mol. The van der Waals surface area contributed by atoms with E-state index in [9.17, 15) is 9.90 Å². The van der Waals surface area contributed by atoms with Crippen molar-refractivity contribution < 1.29 is 9.90 Å². The fourth-order valence-corrected chi connectivity index (χ4v) is 4.00. The van der Waals surface area contributed by atoms with Crippen LogP contribution in [0, 0.1) is 5.41 Å². The van der Waals surface area contributed by atoms with Crippen molar-refractivity contribution in [3.63, 3.8) is 0 Å². The van der Waals surface area contributed by atoms with E-state index in [0.29, 0.717) is 11.0 Å². The zero-order chi connectivity index (χ0) is 11.9. The van der Waals surface area contributed by atoms with E-state index in [2.05, 4.69) is 5.32 Å². The lowest BCUT2D eigenvalue weighted by atomic mass is 9.70. The van der Waals surface area contributed by atoms with Crippen molar-refractivity contribution in [2.75, 3.05) is 17.6 Å². The van der Waals surface area contributed by atoms with Crippen molar-refractivity contribution in [1.29, 1.82) is 0 Å². The fourth-order valence-electron chi connectivity index (χ4n) is 2.56. The third-order valence-corrected chi connectivity index (χ3v) is 5.32. The number of hydrogen-bond acceptors (Lipinski definition) is 3. The number of carboxylic acid groups (broad SMARTS) is 1. The highest BCUT2D eigenvalue weighted by Crippen LogP contribution is 2.48. The number of carboxylic acids is 1. The van der Waals surface area contributed by atoms with Gasteiger partial charge in [0.1, 0.15) is 0 Å². The second kappa shape index (κ2) is 3.95. The van der Waals surface area contributed by atoms with Crippen molar-refractivity contribution in [3.8, 4) is 0 Å². The number of anilines is 1. The molecule has 0 aromatic heterocycles. The first-order valence-corrected chi connectivity index (χ1v) is 6.92. The molecule has 1 saturated carbocycles. The van der Waals surface area contributed by atoms with Gasteiger partial charge in [0.15, 0.2) is 0 Å². The van der Waals surface area contributed by atoms with Crippen LogP contribution >= 0.6 is 11.8 Å². The van der Waals surface area contributed by atoms with Crippen LogP contribution in [0.15, 0.2) is 23.1 Å². The average Bonchev–Trinajstić information content (AvgIpc) is 2.47. The van der Waals surface area contributed by atoms with E-state index in [-0.39, 0.29) is 0 Å². The summed E-state index contributed by atoms with van der Waals surface area (Å²) in [5.74, 6) is 0.206. The molecule has 1 fully saturated rings. The highest BCUT2D eigenvalue weighted by Gasteiger charge is 2.38. The van der Waals surface area contributed by atoms with E-state index < -0.39 is 5.97 Å². The Morgan fingerprint density at radius 1 is 1.41 bits per heavy atom. The summed E-state index contributed by atoms with van der Waals surface area (Å²) in [5.41, 5.74) is 1.81. The molecule has 3 rings (SSSR count). The van der Waals surface area contributed by atoms with Gasteiger partial charge in [0, 0.05) is 22.9 Å². The van der Waals surface area contributed by atoms with E-state index in [0.717, 1.165) is 22.9 Å². The maximum absolute atomic E-state index is 11.2. The largest absolute Gasteiger partial charge is 0.478 e. The van der Waals surface area contributed by atoms with Crippen LogP contribution in [-0.2, 0) is 0 Å². The molecule has 0 saturated heterocycles. The molecule has 1 aromatic rings. The molecule has 0 bridgehead atoms. The molecule has 1 aliphatic heterocycles. The van der Waals surface area contributed by atoms with E-state index in [1.54, 1.807) is 17.8 Å². The van der Waals surface area contributed by atoms with E-state index in [1.807, 2.05) is 12.1 Å². The lowest BCUT2D eigenvalue weighted by Crippen LogP contribution is -2.37. The monoisotopic (exact) mass is 249 g/mol. The Labute approximate surface area is 105 Å². The molecule has 2 aliphatic rings.